The zero-order chi connectivity index (χ0) is 15.2. The van der Waals surface area contributed by atoms with Gasteiger partial charge in [-0.15, -0.1) is 0 Å². The highest BCUT2D eigenvalue weighted by Gasteiger charge is 2.19. The lowest BCUT2D eigenvalue weighted by Crippen LogP contribution is -2.26. The fourth-order valence-corrected chi connectivity index (χ4v) is 2.45. The Labute approximate surface area is 126 Å². The molecule has 0 aliphatic rings. The first-order valence-electron chi connectivity index (χ1n) is 7.67. The highest BCUT2D eigenvalue weighted by Crippen LogP contribution is 2.23. The second kappa shape index (κ2) is 7.36. The summed E-state index contributed by atoms with van der Waals surface area (Å²) in [6.45, 7) is 7.85. The molecule has 21 heavy (non-hydrogen) atoms. The van der Waals surface area contributed by atoms with Gasteiger partial charge in [-0.2, -0.15) is 0 Å². The molecule has 1 atom stereocenters. The van der Waals surface area contributed by atoms with Crippen LogP contribution in [0.15, 0.2) is 30.6 Å². The summed E-state index contributed by atoms with van der Waals surface area (Å²) in [6.07, 6.45) is 5.88. The highest BCUT2D eigenvalue weighted by atomic mass is 19.1. The van der Waals surface area contributed by atoms with E-state index in [2.05, 4.69) is 28.7 Å². The molecule has 4 heteroatoms. The first-order valence-corrected chi connectivity index (χ1v) is 7.67. The number of halogens is 1. The summed E-state index contributed by atoms with van der Waals surface area (Å²) in [6, 6.07) is 5.37. The van der Waals surface area contributed by atoms with Gasteiger partial charge in [0, 0.05) is 18.9 Å². The summed E-state index contributed by atoms with van der Waals surface area (Å²) in [5, 5.41) is 3.48. The van der Waals surface area contributed by atoms with Crippen molar-refractivity contribution in [2.24, 2.45) is 0 Å². The summed E-state index contributed by atoms with van der Waals surface area (Å²) in [7, 11) is 0. The average molecular weight is 289 g/mol. The minimum absolute atomic E-state index is 0.0680. The van der Waals surface area contributed by atoms with Gasteiger partial charge < -0.3 is 9.88 Å². The fourth-order valence-electron chi connectivity index (χ4n) is 2.45. The molecular weight excluding hydrogens is 265 g/mol. The van der Waals surface area contributed by atoms with Crippen LogP contribution in [-0.4, -0.2) is 16.1 Å². The maximum Gasteiger partial charge on any atom is 0.130 e. The molecule has 1 heterocycles. The monoisotopic (exact) mass is 289 g/mol. The van der Waals surface area contributed by atoms with Crippen LogP contribution >= 0.6 is 0 Å². The lowest BCUT2D eigenvalue weighted by atomic mass is 10.0. The van der Waals surface area contributed by atoms with Gasteiger partial charge in [0.25, 0.3) is 0 Å². The van der Waals surface area contributed by atoms with Crippen molar-refractivity contribution < 1.29 is 4.39 Å². The molecule has 1 aromatic carbocycles. The number of aromatic nitrogens is 2. The molecule has 1 N–H and O–H groups in total. The Morgan fingerprint density at radius 2 is 2.10 bits per heavy atom. The van der Waals surface area contributed by atoms with E-state index in [-0.39, 0.29) is 11.9 Å². The number of benzene rings is 1. The van der Waals surface area contributed by atoms with Gasteiger partial charge in [0.05, 0.1) is 6.04 Å². The lowest BCUT2D eigenvalue weighted by Gasteiger charge is -2.20. The normalized spacial score (nSPS) is 12.6. The van der Waals surface area contributed by atoms with Gasteiger partial charge in [0.15, 0.2) is 0 Å². The molecule has 0 saturated heterocycles. The van der Waals surface area contributed by atoms with Crippen molar-refractivity contribution in [3.05, 3.63) is 53.4 Å². The van der Waals surface area contributed by atoms with Gasteiger partial charge in [-0.05, 0) is 43.5 Å². The van der Waals surface area contributed by atoms with E-state index in [0.29, 0.717) is 5.56 Å². The highest BCUT2D eigenvalue weighted by molar-refractivity contribution is 5.29. The van der Waals surface area contributed by atoms with E-state index >= 15 is 0 Å². The first-order chi connectivity index (χ1) is 10.2. The zero-order valence-electron chi connectivity index (χ0n) is 13.1. The van der Waals surface area contributed by atoms with E-state index in [4.69, 9.17) is 0 Å². The van der Waals surface area contributed by atoms with Crippen LogP contribution in [0, 0.1) is 12.7 Å². The first kappa shape index (κ1) is 15.7. The number of hydrogen-bond acceptors (Lipinski definition) is 2. The van der Waals surface area contributed by atoms with Crippen LogP contribution in [0.1, 0.15) is 49.7 Å². The molecule has 0 amide bonds. The van der Waals surface area contributed by atoms with Gasteiger partial charge in [0.2, 0.25) is 0 Å². The molecule has 114 valence electrons. The summed E-state index contributed by atoms with van der Waals surface area (Å²) in [4.78, 5) is 4.49. The number of rotatable bonds is 7. The molecule has 0 saturated carbocycles. The summed E-state index contributed by atoms with van der Waals surface area (Å²) in [5.41, 5.74) is 1.60. The summed E-state index contributed by atoms with van der Waals surface area (Å²) < 4.78 is 16.0. The Morgan fingerprint density at radius 1 is 1.29 bits per heavy atom. The molecule has 0 aliphatic heterocycles. The number of aryl methyl sites for hydroxylation is 2. The van der Waals surface area contributed by atoms with E-state index in [1.165, 1.54) is 0 Å². The molecule has 3 nitrogen and oxygen atoms in total. The smallest absolute Gasteiger partial charge is 0.130 e. The molecule has 1 aromatic heterocycles. The Hall–Kier alpha value is -1.68. The molecule has 0 aliphatic carbocycles. The molecule has 2 aromatic rings. The van der Waals surface area contributed by atoms with Crippen molar-refractivity contribution >= 4 is 0 Å². The van der Waals surface area contributed by atoms with Crippen molar-refractivity contribution in [2.45, 2.75) is 46.2 Å². The average Bonchev–Trinajstić information content (AvgIpc) is 2.92. The van der Waals surface area contributed by atoms with Gasteiger partial charge >= 0.3 is 0 Å². The van der Waals surface area contributed by atoms with Crippen molar-refractivity contribution in [1.29, 1.82) is 0 Å². The van der Waals surface area contributed by atoms with E-state index in [1.54, 1.807) is 13.0 Å². The molecular formula is C17H24FN3. The molecule has 0 fully saturated rings. The van der Waals surface area contributed by atoms with Crippen LogP contribution in [0.2, 0.25) is 0 Å². The van der Waals surface area contributed by atoms with Crippen LogP contribution < -0.4 is 5.32 Å². The topological polar surface area (TPSA) is 29.9 Å². The third kappa shape index (κ3) is 3.70. The van der Waals surface area contributed by atoms with Crippen LogP contribution in [0.4, 0.5) is 4.39 Å². The fraction of sp³-hybridized carbons (Fsp3) is 0.471. The van der Waals surface area contributed by atoms with Gasteiger partial charge in [-0.25, -0.2) is 9.37 Å². The van der Waals surface area contributed by atoms with Crippen LogP contribution in [0.5, 0.6) is 0 Å². The second-order valence-electron chi connectivity index (χ2n) is 5.37. The minimum atomic E-state index is -0.163. The lowest BCUT2D eigenvalue weighted by molar-refractivity contribution is 0.526. The quantitative estimate of drug-likeness (QED) is 0.839. The van der Waals surface area contributed by atoms with E-state index in [9.17, 15) is 4.39 Å². The molecule has 1 unspecified atom stereocenters. The molecule has 0 radical (unpaired) electrons. The van der Waals surface area contributed by atoms with E-state index in [0.717, 1.165) is 37.3 Å². The predicted octanol–water partition coefficient (Wildman–Crippen LogP) is 3.83. The van der Waals surface area contributed by atoms with Gasteiger partial charge in [-0.1, -0.05) is 26.0 Å². The third-order valence-electron chi connectivity index (χ3n) is 3.60. The van der Waals surface area contributed by atoms with E-state index in [1.807, 2.05) is 24.5 Å². The molecule has 0 bridgehead atoms. The zero-order valence-corrected chi connectivity index (χ0v) is 13.1. The van der Waals surface area contributed by atoms with Gasteiger partial charge in [-0.3, -0.25) is 0 Å². The van der Waals surface area contributed by atoms with Crippen molar-refractivity contribution in [1.82, 2.24) is 14.9 Å². The van der Waals surface area contributed by atoms with Crippen molar-refractivity contribution in [2.75, 3.05) is 6.54 Å². The van der Waals surface area contributed by atoms with Crippen LogP contribution in [-0.2, 0) is 6.54 Å². The Bertz CT molecular complexity index is 577. The predicted molar refractivity (Wildman–Crippen MR) is 83.8 cm³/mol. The van der Waals surface area contributed by atoms with E-state index < -0.39 is 0 Å². The largest absolute Gasteiger partial charge is 0.333 e. The van der Waals surface area contributed by atoms with Crippen LogP contribution in [0.25, 0.3) is 0 Å². The Morgan fingerprint density at radius 3 is 2.76 bits per heavy atom. The number of hydrogen-bond donors (Lipinski definition) is 1. The Balaban J connectivity index is 2.37. The van der Waals surface area contributed by atoms with Crippen molar-refractivity contribution in [3.63, 3.8) is 0 Å². The standard InChI is InChI=1S/C17H24FN3/c1-4-8-19-16(14-7-6-13(3)15(18)12-14)17-20-9-11-21(17)10-5-2/h6-7,9,11-12,16,19H,4-5,8,10H2,1-3H3. The van der Waals surface area contributed by atoms with Gasteiger partial charge in [0.1, 0.15) is 11.6 Å². The number of nitrogens with one attached hydrogen (secondary N) is 1. The van der Waals surface area contributed by atoms with Crippen LogP contribution in [0.3, 0.4) is 0 Å². The number of imidazole rings is 1. The molecule has 0 spiro atoms. The summed E-state index contributed by atoms with van der Waals surface area (Å²) in [5.74, 6) is 0.790. The maximum absolute atomic E-state index is 13.9. The van der Waals surface area contributed by atoms with Crippen molar-refractivity contribution in [3.8, 4) is 0 Å². The Kier molecular flexibility index (Phi) is 5.51. The number of nitrogens with zero attached hydrogens (tertiary/aromatic N) is 2. The second-order valence-corrected chi connectivity index (χ2v) is 5.37. The SMILES string of the molecule is CCCNC(c1ccc(C)c(F)c1)c1nccn1CCC. The maximum atomic E-state index is 13.9. The third-order valence-corrected chi connectivity index (χ3v) is 3.60. The minimum Gasteiger partial charge on any atom is -0.333 e. The summed E-state index contributed by atoms with van der Waals surface area (Å²) >= 11 is 0. The molecule has 2 rings (SSSR count).